The quantitative estimate of drug-likeness (QED) is 0.283. The fourth-order valence-electron chi connectivity index (χ4n) is 4.31. The van der Waals surface area contributed by atoms with Gasteiger partial charge in [-0.3, -0.25) is 9.59 Å². The highest BCUT2D eigenvalue weighted by atomic mass is 16.4. The topological polar surface area (TPSA) is 194 Å². The minimum atomic E-state index is -1.27. The molecule has 2 heterocycles. The molecule has 34 heavy (non-hydrogen) atoms. The number of hydrogen-bond donors (Lipinski definition) is 6. The van der Waals surface area contributed by atoms with Crippen LogP contribution in [0.3, 0.4) is 0 Å². The molecule has 0 bridgehead atoms. The van der Waals surface area contributed by atoms with Crippen LogP contribution in [0.2, 0.25) is 0 Å². The fraction of sp³-hybridized carbons (Fsp3) is 0.435. The van der Waals surface area contributed by atoms with Gasteiger partial charge in [0.15, 0.2) is 0 Å². The fourth-order valence-corrected chi connectivity index (χ4v) is 4.31. The number of aryl methyl sites for hydroxylation is 1. The molecule has 0 aliphatic carbocycles. The summed E-state index contributed by atoms with van der Waals surface area (Å²) in [5.41, 5.74) is 14.1. The molecule has 2 unspecified atom stereocenters. The second kappa shape index (κ2) is 10.8. The van der Waals surface area contributed by atoms with Gasteiger partial charge >= 0.3 is 11.9 Å². The van der Waals surface area contributed by atoms with Crippen LogP contribution in [0.25, 0.3) is 0 Å². The maximum atomic E-state index is 12.4. The van der Waals surface area contributed by atoms with Crippen LogP contribution in [0.5, 0.6) is 0 Å². The summed E-state index contributed by atoms with van der Waals surface area (Å²) in [6, 6.07) is 5.89. The van der Waals surface area contributed by atoms with Gasteiger partial charge in [-0.25, -0.2) is 4.79 Å². The first kappa shape index (κ1) is 24.7. The van der Waals surface area contributed by atoms with Crippen LogP contribution in [0, 0.1) is 0 Å². The average molecular weight is 471 g/mol. The smallest absolute Gasteiger partial charge is 0.326 e. The van der Waals surface area contributed by atoms with Crippen molar-refractivity contribution in [1.29, 1.82) is 0 Å². The number of carbonyl (C=O) groups is 3. The number of rotatable bonds is 11. The summed E-state index contributed by atoms with van der Waals surface area (Å²) in [7, 11) is 0. The monoisotopic (exact) mass is 470 g/mol. The van der Waals surface area contributed by atoms with Crippen LogP contribution < -0.4 is 22.1 Å². The molecule has 11 heteroatoms. The molecule has 11 nitrogen and oxygen atoms in total. The van der Waals surface area contributed by atoms with Crippen molar-refractivity contribution in [3.63, 3.8) is 0 Å². The zero-order chi connectivity index (χ0) is 24.8. The number of carbonyl (C=O) groups excluding carboxylic acids is 1. The largest absolute Gasteiger partial charge is 0.481 e. The lowest BCUT2D eigenvalue weighted by molar-refractivity contribution is -0.140. The van der Waals surface area contributed by atoms with Crippen molar-refractivity contribution in [1.82, 2.24) is 15.3 Å². The Morgan fingerprint density at radius 1 is 1.15 bits per heavy atom. The van der Waals surface area contributed by atoms with Crippen molar-refractivity contribution in [2.75, 3.05) is 16.8 Å². The SMILES string of the molecule is CCC1Nc2nc(N)nc(N)c2C1CCCc1ccc(C(=O)N[C@@H](CCC(=O)O)C(=O)O)cc1. The van der Waals surface area contributed by atoms with Gasteiger partial charge in [-0.1, -0.05) is 19.1 Å². The number of nitrogens with one attached hydrogen (secondary N) is 2. The molecule has 1 aliphatic rings. The zero-order valence-electron chi connectivity index (χ0n) is 19.0. The lowest BCUT2D eigenvalue weighted by Crippen LogP contribution is -2.41. The standard InChI is InChI=1S/C23H30N6O5/c1-2-15-14(18-19(24)28-23(25)29-20(18)26-15)5-3-4-12-6-8-13(9-7-12)21(32)27-16(22(33)34)10-11-17(30)31/h6-9,14-16H,2-5,10-11H2,1H3,(H,27,32)(H,30,31)(H,33,34)(H5,24,25,26,28,29)/t14?,15?,16-/m0/s1. The van der Waals surface area contributed by atoms with Crippen molar-refractivity contribution in [2.45, 2.75) is 63.5 Å². The number of amides is 1. The molecule has 1 amide bonds. The molecule has 0 spiro atoms. The molecular weight excluding hydrogens is 440 g/mol. The van der Waals surface area contributed by atoms with Gasteiger partial charge < -0.3 is 32.3 Å². The number of nitrogen functional groups attached to an aromatic ring is 2. The van der Waals surface area contributed by atoms with E-state index in [0.29, 0.717) is 17.2 Å². The molecule has 3 rings (SSSR count). The van der Waals surface area contributed by atoms with Gasteiger partial charge in [0.2, 0.25) is 5.95 Å². The molecule has 0 saturated carbocycles. The van der Waals surface area contributed by atoms with Gasteiger partial charge in [0.05, 0.1) is 0 Å². The predicted molar refractivity (Wildman–Crippen MR) is 126 cm³/mol. The van der Waals surface area contributed by atoms with Crippen LogP contribution in [-0.4, -0.2) is 50.1 Å². The summed E-state index contributed by atoms with van der Waals surface area (Å²) < 4.78 is 0. The second-order valence-corrected chi connectivity index (χ2v) is 8.38. The number of aromatic nitrogens is 2. The van der Waals surface area contributed by atoms with Crippen molar-refractivity contribution >= 4 is 35.4 Å². The summed E-state index contributed by atoms with van der Waals surface area (Å²) >= 11 is 0. The molecule has 0 saturated heterocycles. The Morgan fingerprint density at radius 2 is 1.85 bits per heavy atom. The third kappa shape index (κ3) is 5.91. The highest BCUT2D eigenvalue weighted by Gasteiger charge is 2.34. The Labute approximate surface area is 197 Å². The van der Waals surface area contributed by atoms with E-state index in [1.807, 2.05) is 12.1 Å². The van der Waals surface area contributed by atoms with E-state index in [4.69, 9.17) is 16.6 Å². The second-order valence-electron chi connectivity index (χ2n) is 8.38. The van der Waals surface area contributed by atoms with Gasteiger partial charge in [0.25, 0.3) is 5.91 Å². The number of carboxylic acids is 2. The molecule has 0 radical (unpaired) electrons. The van der Waals surface area contributed by atoms with E-state index in [0.717, 1.165) is 36.8 Å². The molecule has 0 fully saturated rings. The zero-order valence-corrected chi connectivity index (χ0v) is 19.0. The van der Waals surface area contributed by atoms with E-state index in [1.165, 1.54) is 0 Å². The number of carboxylic acid groups (broad SMARTS) is 2. The summed E-state index contributed by atoms with van der Waals surface area (Å²) in [4.78, 5) is 42.7. The Bertz CT molecular complexity index is 1060. The number of nitrogens with two attached hydrogens (primary N) is 2. The van der Waals surface area contributed by atoms with Crippen molar-refractivity contribution in [2.24, 2.45) is 0 Å². The molecule has 1 aromatic heterocycles. The van der Waals surface area contributed by atoms with E-state index in [1.54, 1.807) is 12.1 Å². The molecule has 182 valence electrons. The highest BCUT2D eigenvalue weighted by molar-refractivity contribution is 5.96. The first-order valence-corrected chi connectivity index (χ1v) is 11.2. The molecular formula is C23H30N6O5. The molecule has 1 aliphatic heterocycles. The summed E-state index contributed by atoms with van der Waals surface area (Å²) in [5.74, 6) is -1.49. The number of fused-ring (bicyclic) bond motifs is 1. The first-order chi connectivity index (χ1) is 16.2. The molecule has 8 N–H and O–H groups in total. The predicted octanol–water partition coefficient (Wildman–Crippen LogP) is 2.00. The van der Waals surface area contributed by atoms with Crippen LogP contribution in [0.4, 0.5) is 17.6 Å². The van der Waals surface area contributed by atoms with E-state index >= 15 is 0 Å². The normalized spacial score (nSPS) is 17.4. The van der Waals surface area contributed by atoms with Crippen molar-refractivity contribution in [3.8, 4) is 0 Å². The highest BCUT2D eigenvalue weighted by Crippen LogP contribution is 2.42. The Kier molecular flexibility index (Phi) is 7.87. The first-order valence-electron chi connectivity index (χ1n) is 11.2. The Balaban J connectivity index is 1.57. The molecule has 3 atom stereocenters. The van der Waals surface area contributed by atoms with Gasteiger partial charge in [-0.2, -0.15) is 9.97 Å². The van der Waals surface area contributed by atoms with E-state index in [-0.39, 0.29) is 30.7 Å². The minimum Gasteiger partial charge on any atom is -0.481 e. The van der Waals surface area contributed by atoms with Crippen LogP contribution in [-0.2, 0) is 16.0 Å². The van der Waals surface area contributed by atoms with Crippen molar-refractivity contribution in [3.05, 3.63) is 41.0 Å². The lowest BCUT2D eigenvalue weighted by atomic mass is 9.88. The van der Waals surface area contributed by atoms with Gasteiger partial charge in [-0.05, 0) is 49.8 Å². The van der Waals surface area contributed by atoms with Crippen LogP contribution in [0.15, 0.2) is 24.3 Å². The van der Waals surface area contributed by atoms with Crippen molar-refractivity contribution < 1.29 is 24.6 Å². The summed E-state index contributed by atoms with van der Waals surface area (Å²) in [6.45, 7) is 2.10. The average Bonchev–Trinajstić information content (AvgIpc) is 3.14. The third-order valence-electron chi connectivity index (χ3n) is 6.06. The molecule has 1 aromatic carbocycles. The van der Waals surface area contributed by atoms with Crippen LogP contribution >= 0.6 is 0 Å². The van der Waals surface area contributed by atoms with E-state index < -0.39 is 23.9 Å². The van der Waals surface area contributed by atoms with Gasteiger partial charge in [0.1, 0.15) is 17.7 Å². The number of nitrogens with zero attached hydrogens (tertiary/aromatic N) is 2. The van der Waals surface area contributed by atoms with E-state index in [9.17, 15) is 19.5 Å². The number of aliphatic carboxylic acids is 2. The third-order valence-corrected chi connectivity index (χ3v) is 6.06. The maximum absolute atomic E-state index is 12.4. The van der Waals surface area contributed by atoms with Crippen LogP contribution in [0.1, 0.15) is 66.4 Å². The lowest BCUT2D eigenvalue weighted by Gasteiger charge is -2.19. The maximum Gasteiger partial charge on any atom is 0.326 e. The Morgan fingerprint density at radius 3 is 2.47 bits per heavy atom. The number of anilines is 3. The molecule has 2 aromatic rings. The minimum absolute atomic E-state index is 0.153. The summed E-state index contributed by atoms with van der Waals surface area (Å²) in [5, 5.41) is 23.7. The van der Waals surface area contributed by atoms with Gasteiger partial charge in [0, 0.05) is 29.5 Å². The number of hydrogen-bond acceptors (Lipinski definition) is 8. The summed E-state index contributed by atoms with van der Waals surface area (Å²) in [6.07, 6.45) is 2.93. The van der Waals surface area contributed by atoms with E-state index in [2.05, 4.69) is 27.5 Å². The Hall–Kier alpha value is -3.89. The van der Waals surface area contributed by atoms with Gasteiger partial charge in [-0.15, -0.1) is 0 Å². The number of benzene rings is 1.